The molecule has 4 rings (SSSR count). The van der Waals surface area contributed by atoms with E-state index in [2.05, 4.69) is 26.8 Å². The van der Waals surface area contributed by atoms with Crippen molar-refractivity contribution in [2.24, 2.45) is 34.5 Å². The fourth-order valence-electron chi connectivity index (χ4n) is 8.31. The largest absolute Gasteiger partial charge is 0.295 e. The molecule has 3 saturated carbocycles. The number of carbonyl (C=O) groups is 1. The fraction of sp³-hybridized carbons (Fsp3) is 0.889. The molecule has 0 spiro atoms. The van der Waals surface area contributed by atoms with Crippen LogP contribution in [0.15, 0.2) is 11.6 Å². The monoisotopic (exact) mass is 384 g/mol. The molecule has 0 aromatic rings. The lowest BCUT2D eigenvalue weighted by molar-refractivity contribution is -0.117. The van der Waals surface area contributed by atoms with Crippen molar-refractivity contribution in [3.63, 3.8) is 0 Å². The van der Waals surface area contributed by atoms with Gasteiger partial charge in [0.1, 0.15) is 0 Å². The molecule has 6 unspecified atom stereocenters. The van der Waals surface area contributed by atoms with Crippen LogP contribution in [0.5, 0.6) is 0 Å². The molecule has 1 nitrogen and oxygen atoms in total. The molecule has 1 heteroatoms. The number of hydrogen-bond donors (Lipinski definition) is 0. The Morgan fingerprint density at radius 3 is 2.50 bits per heavy atom. The molecule has 0 aromatic heterocycles. The summed E-state index contributed by atoms with van der Waals surface area (Å²) in [5.41, 5.74) is 2.48. The standard InChI is InChI=1S/C27H44O/c1-4-5-6-7-8-9-10-20-12-14-24-23-13-11-21-19-22(28)15-17-27(21,3)25(23)16-18-26(20,24)2/h19-20,23-25H,4-18H2,1-3H3. The summed E-state index contributed by atoms with van der Waals surface area (Å²) in [4.78, 5) is 12.0. The minimum Gasteiger partial charge on any atom is -0.295 e. The molecule has 0 aromatic carbocycles. The number of fused-ring (bicyclic) bond motifs is 5. The molecule has 4 aliphatic rings. The second kappa shape index (κ2) is 8.27. The predicted octanol–water partition coefficient (Wildman–Crippen LogP) is 7.89. The summed E-state index contributed by atoms with van der Waals surface area (Å²) >= 11 is 0. The lowest BCUT2D eigenvalue weighted by Crippen LogP contribution is -2.50. The molecule has 0 heterocycles. The molecule has 0 N–H and O–H groups in total. The maximum absolute atomic E-state index is 12.0. The van der Waals surface area contributed by atoms with Crippen molar-refractivity contribution in [1.82, 2.24) is 0 Å². The zero-order chi connectivity index (χ0) is 19.8. The Balaban J connectivity index is 1.40. The minimum absolute atomic E-state index is 0.343. The molecule has 0 bridgehead atoms. The van der Waals surface area contributed by atoms with Crippen LogP contribution in [0.4, 0.5) is 0 Å². The molecule has 0 aliphatic heterocycles. The van der Waals surface area contributed by atoms with Gasteiger partial charge in [-0.2, -0.15) is 0 Å². The molecule has 6 atom stereocenters. The molecule has 0 amide bonds. The van der Waals surface area contributed by atoms with Crippen LogP contribution in [0.1, 0.15) is 117 Å². The lowest BCUT2D eigenvalue weighted by Gasteiger charge is -2.58. The number of rotatable bonds is 7. The van der Waals surface area contributed by atoms with Gasteiger partial charge >= 0.3 is 0 Å². The Labute approximate surface area is 174 Å². The van der Waals surface area contributed by atoms with Crippen molar-refractivity contribution in [1.29, 1.82) is 0 Å². The quantitative estimate of drug-likeness (QED) is 0.408. The van der Waals surface area contributed by atoms with E-state index in [4.69, 9.17) is 0 Å². The van der Waals surface area contributed by atoms with Crippen LogP contribution in [0.3, 0.4) is 0 Å². The minimum atomic E-state index is 0.343. The summed E-state index contributed by atoms with van der Waals surface area (Å²) in [6, 6.07) is 0. The average molecular weight is 385 g/mol. The first kappa shape index (κ1) is 20.7. The number of hydrogen-bond acceptors (Lipinski definition) is 1. The van der Waals surface area contributed by atoms with Gasteiger partial charge in [-0.05, 0) is 91.9 Å². The number of allylic oxidation sites excluding steroid dienone is 1. The molecule has 158 valence electrons. The van der Waals surface area contributed by atoms with Gasteiger partial charge in [-0.15, -0.1) is 0 Å². The molecular weight excluding hydrogens is 340 g/mol. The second-order valence-electron chi connectivity index (χ2n) is 11.3. The highest BCUT2D eigenvalue weighted by atomic mass is 16.1. The first-order valence-electron chi connectivity index (χ1n) is 12.7. The summed E-state index contributed by atoms with van der Waals surface area (Å²) in [5, 5.41) is 0. The summed E-state index contributed by atoms with van der Waals surface area (Å²) in [6.45, 7) is 7.51. The zero-order valence-corrected chi connectivity index (χ0v) is 18.9. The predicted molar refractivity (Wildman–Crippen MR) is 118 cm³/mol. The van der Waals surface area contributed by atoms with Gasteiger partial charge in [-0.1, -0.05) is 64.9 Å². The Morgan fingerprint density at radius 1 is 0.893 bits per heavy atom. The van der Waals surface area contributed by atoms with E-state index >= 15 is 0 Å². The summed E-state index contributed by atoms with van der Waals surface area (Å²) < 4.78 is 0. The van der Waals surface area contributed by atoms with E-state index in [1.165, 1.54) is 89.0 Å². The highest BCUT2D eigenvalue weighted by Crippen LogP contribution is 2.67. The van der Waals surface area contributed by atoms with Gasteiger partial charge in [-0.25, -0.2) is 0 Å². The van der Waals surface area contributed by atoms with Crippen molar-refractivity contribution in [3.05, 3.63) is 11.6 Å². The summed E-state index contributed by atoms with van der Waals surface area (Å²) in [5.74, 6) is 4.14. The van der Waals surface area contributed by atoms with Crippen LogP contribution in [-0.2, 0) is 4.79 Å². The number of unbranched alkanes of at least 4 members (excludes halogenated alkanes) is 5. The maximum Gasteiger partial charge on any atom is 0.155 e. The number of carbonyl (C=O) groups excluding carboxylic acids is 1. The van der Waals surface area contributed by atoms with E-state index < -0.39 is 0 Å². The van der Waals surface area contributed by atoms with Gasteiger partial charge < -0.3 is 0 Å². The van der Waals surface area contributed by atoms with E-state index in [1.807, 2.05) is 0 Å². The van der Waals surface area contributed by atoms with Gasteiger partial charge in [0.05, 0.1) is 0 Å². The number of ketones is 1. The van der Waals surface area contributed by atoms with Crippen LogP contribution in [0.25, 0.3) is 0 Å². The van der Waals surface area contributed by atoms with Crippen LogP contribution in [0, 0.1) is 34.5 Å². The van der Waals surface area contributed by atoms with Crippen molar-refractivity contribution in [3.8, 4) is 0 Å². The molecule has 0 saturated heterocycles. The topological polar surface area (TPSA) is 17.1 Å². The Kier molecular flexibility index (Phi) is 6.11. The smallest absolute Gasteiger partial charge is 0.155 e. The Hall–Kier alpha value is -0.590. The molecule has 0 radical (unpaired) electrons. The van der Waals surface area contributed by atoms with E-state index in [9.17, 15) is 4.79 Å². The lowest BCUT2D eigenvalue weighted by atomic mass is 9.46. The van der Waals surface area contributed by atoms with Crippen LogP contribution in [-0.4, -0.2) is 5.78 Å². The third kappa shape index (κ3) is 3.54. The van der Waals surface area contributed by atoms with Crippen molar-refractivity contribution < 1.29 is 4.79 Å². The van der Waals surface area contributed by atoms with E-state index in [1.54, 1.807) is 0 Å². The molecule has 4 aliphatic carbocycles. The van der Waals surface area contributed by atoms with Gasteiger partial charge in [0.2, 0.25) is 0 Å². The maximum atomic E-state index is 12.0. The van der Waals surface area contributed by atoms with Crippen molar-refractivity contribution >= 4 is 5.78 Å². The van der Waals surface area contributed by atoms with Crippen molar-refractivity contribution in [2.75, 3.05) is 0 Å². The van der Waals surface area contributed by atoms with Crippen molar-refractivity contribution in [2.45, 2.75) is 117 Å². The third-order valence-corrected chi connectivity index (χ3v) is 10.1. The SMILES string of the molecule is CCCCCCCCC1CCC2C3CCC4=CC(=O)CCC4(C)C3CCC12C. The van der Waals surface area contributed by atoms with Gasteiger partial charge in [0, 0.05) is 6.42 Å². The highest BCUT2D eigenvalue weighted by Gasteiger charge is 2.58. The van der Waals surface area contributed by atoms with Crippen LogP contribution in [0.2, 0.25) is 0 Å². The van der Waals surface area contributed by atoms with Crippen LogP contribution >= 0.6 is 0 Å². The first-order chi connectivity index (χ1) is 13.5. The second-order valence-corrected chi connectivity index (χ2v) is 11.3. The summed E-state index contributed by atoms with van der Waals surface area (Å²) in [6.07, 6.45) is 22.5. The average Bonchev–Trinajstić information content (AvgIpc) is 3.01. The van der Waals surface area contributed by atoms with E-state index in [-0.39, 0.29) is 0 Å². The normalized spacial score (nSPS) is 42.5. The zero-order valence-electron chi connectivity index (χ0n) is 18.9. The molecule has 28 heavy (non-hydrogen) atoms. The van der Waals surface area contributed by atoms with Crippen LogP contribution < -0.4 is 0 Å². The Morgan fingerprint density at radius 2 is 1.68 bits per heavy atom. The Bertz CT molecular complexity index is 603. The first-order valence-corrected chi connectivity index (χ1v) is 12.7. The third-order valence-electron chi connectivity index (χ3n) is 10.1. The van der Waals surface area contributed by atoms with Gasteiger partial charge in [-0.3, -0.25) is 4.79 Å². The fourth-order valence-corrected chi connectivity index (χ4v) is 8.31. The van der Waals surface area contributed by atoms with Gasteiger partial charge in [0.25, 0.3) is 0 Å². The van der Waals surface area contributed by atoms with E-state index in [0.717, 1.165) is 36.5 Å². The van der Waals surface area contributed by atoms with Gasteiger partial charge in [0.15, 0.2) is 5.78 Å². The molecular formula is C27H44O. The van der Waals surface area contributed by atoms with E-state index in [0.29, 0.717) is 16.6 Å². The highest BCUT2D eigenvalue weighted by molar-refractivity contribution is 5.91. The molecule has 3 fully saturated rings. The summed E-state index contributed by atoms with van der Waals surface area (Å²) in [7, 11) is 0.